The summed E-state index contributed by atoms with van der Waals surface area (Å²) in [6, 6.07) is 0. The topological polar surface area (TPSA) is 77.1 Å². The van der Waals surface area contributed by atoms with Crippen LogP contribution in [0.25, 0.3) is 0 Å². The van der Waals surface area contributed by atoms with Crippen molar-refractivity contribution in [3.63, 3.8) is 0 Å². The highest BCUT2D eigenvalue weighted by atomic mass is 16.6. The molecule has 0 fully saturated rings. The maximum Gasteiger partial charge on any atom is 0.378 e. The second kappa shape index (κ2) is 4.45. The number of nitrogens with zero attached hydrogens (tertiary/aromatic N) is 2. The molecule has 6 heteroatoms. The van der Waals surface area contributed by atoms with Crippen LogP contribution in [0.2, 0.25) is 0 Å². The Kier molecular flexibility index (Phi) is 3.21. The molecule has 1 heterocycles. The molecule has 0 amide bonds. The van der Waals surface area contributed by atoms with Gasteiger partial charge in [-0.15, -0.1) is 5.10 Å². The third-order valence-electron chi connectivity index (χ3n) is 1.12. The fourth-order valence-electron chi connectivity index (χ4n) is 0.589. The summed E-state index contributed by atoms with van der Waals surface area (Å²) >= 11 is 0. The molecule has 1 N–H and O–H groups in total. The number of carbonyl (C=O) groups is 1. The molecule has 0 atom stereocenters. The maximum absolute atomic E-state index is 11.0. The van der Waals surface area contributed by atoms with E-state index in [-0.39, 0.29) is 12.4 Å². The third kappa shape index (κ3) is 2.31. The van der Waals surface area contributed by atoms with Gasteiger partial charge in [0.15, 0.2) is 0 Å². The van der Waals surface area contributed by atoms with Gasteiger partial charge in [-0.1, -0.05) is 0 Å². The average molecular weight is 171 g/mol. The first kappa shape index (κ1) is 8.66. The lowest BCUT2D eigenvalue weighted by Crippen LogP contribution is -2.11. The molecule has 1 rings (SSSR count). The number of rotatable bonds is 4. The van der Waals surface area contributed by atoms with Crippen molar-refractivity contribution >= 4 is 5.97 Å². The van der Waals surface area contributed by atoms with Gasteiger partial charge in [0.2, 0.25) is 0 Å². The molecule has 0 radical (unpaired) electrons. The fourth-order valence-corrected chi connectivity index (χ4v) is 0.589. The van der Waals surface area contributed by atoms with Gasteiger partial charge in [0, 0.05) is 7.11 Å². The first-order valence-corrected chi connectivity index (χ1v) is 3.36. The van der Waals surface area contributed by atoms with Gasteiger partial charge in [-0.2, -0.15) is 0 Å². The van der Waals surface area contributed by atoms with E-state index < -0.39 is 5.97 Å². The van der Waals surface area contributed by atoms with Crippen molar-refractivity contribution in [1.82, 2.24) is 15.2 Å². The first-order valence-electron chi connectivity index (χ1n) is 3.36. The molecule has 0 spiro atoms. The van der Waals surface area contributed by atoms with Gasteiger partial charge in [-0.05, 0) is 0 Å². The number of esters is 1. The molecular weight excluding hydrogens is 162 g/mol. The van der Waals surface area contributed by atoms with E-state index >= 15 is 0 Å². The molecule has 66 valence electrons. The van der Waals surface area contributed by atoms with Crippen LogP contribution in [0.15, 0.2) is 6.33 Å². The van der Waals surface area contributed by atoms with E-state index in [9.17, 15) is 4.79 Å². The zero-order chi connectivity index (χ0) is 8.81. The highest BCUT2D eigenvalue weighted by Crippen LogP contribution is 1.89. The average Bonchev–Trinajstić information content (AvgIpc) is 2.56. The molecule has 0 saturated heterocycles. The number of aromatic amines is 1. The van der Waals surface area contributed by atoms with E-state index in [1.807, 2.05) is 0 Å². The zero-order valence-corrected chi connectivity index (χ0v) is 6.61. The Balaban J connectivity index is 2.30. The van der Waals surface area contributed by atoms with Crippen LogP contribution in [0, 0.1) is 0 Å². The summed E-state index contributed by atoms with van der Waals surface area (Å²) in [7, 11) is 1.53. The Labute approximate surface area is 68.9 Å². The number of ether oxygens (including phenoxy) is 2. The van der Waals surface area contributed by atoms with Gasteiger partial charge in [-0.3, -0.25) is 5.10 Å². The van der Waals surface area contributed by atoms with Crippen molar-refractivity contribution in [3.8, 4) is 0 Å². The number of hydrogen-bond acceptors (Lipinski definition) is 5. The van der Waals surface area contributed by atoms with Crippen molar-refractivity contribution in [3.05, 3.63) is 12.2 Å². The standard InChI is InChI=1S/C6H9N3O3/c1-11-2-3-12-6(10)5-7-4-8-9-5/h4H,2-3H2,1H3,(H,7,8,9). The molecule has 1 aromatic heterocycles. The quantitative estimate of drug-likeness (QED) is 0.493. The Bertz CT molecular complexity index is 234. The minimum atomic E-state index is -0.548. The van der Waals surface area contributed by atoms with Gasteiger partial charge < -0.3 is 9.47 Å². The third-order valence-corrected chi connectivity index (χ3v) is 1.12. The number of H-pyrrole nitrogens is 1. The van der Waals surface area contributed by atoms with Crippen LogP contribution in [0.1, 0.15) is 10.6 Å². The predicted molar refractivity (Wildman–Crippen MR) is 38.5 cm³/mol. The van der Waals surface area contributed by atoms with E-state index in [4.69, 9.17) is 4.74 Å². The van der Waals surface area contributed by atoms with Crippen molar-refractivity contribution in [2.75, 3.05) is 20.3 Å². The van der Waals surface area contributed by atoms with Crippen molar-refractivity contribution < 1.29 is 14.3 Å². The molecule has 12 heavy (non-hydrogen) atoms. The number of nitrogens with one attached hydrogen (secondary N) is 1. The lowest BCUT2D eigenvalue weighted by molar-refractivity contribution is 0.0375. The van der Waals surface area contributed by atoms with Crippen LogP contribution in [0.5, 0.6) is 0 Å². The van der Waals surface area contributed by atoms with Gasteiger partial charge in [0.05, 0.1) is 6.61 Å². The minimum absolute atomic E-state index is 0.0334. The summed E-state index contributed by atoms with van der Waals surface area (Å²) in [5, 5.41) is 5.95. The van der Waals surface area contributed by atoms with Gasteiger partial charge >= 0.3 is 5.97 Å². The highest BCUT2D eigenvalue weighted by Gasteiger charge is 2.09. The van der Waals surface area contributed by atoms with E-state index in [0.29, 0.717) is 6.61 Å². The molecule has 0 bridgehead atoms. The highest BCUT2D eigenvalue weighted by molar-refractivity contribution is 5.84. The molecular formula is C6H9N3O3. The van der Waals surface area contributed by atoms with Gasteiger partial charge in [-0.25, -0.2) is 9.78 Å². The van der Waals surface area contributed by atoms with Crippen LogP contribution >= 0.6 is 0 Å². The molecule has 0 aromatic carbocycles. The molecule has 1 aromatic rings. The summed E-state index contributed by atoms with van der Waals surface area (Å²) in [5.74, 6) is -0.514. The number of hydrogen-bond donors (Lipinski definition) is 1. The second-order valence-corrected chi connectivity index (χ2v) is 1.95. The van der Waals surface area contributed by atoms with E-state index in [1.165, 1.54) is 13.4 Å². The Hall–Kier alpha value is -1.43. The monoisotopic (exact) mass is 171 g/mol. The van der Waals surface area contributed by atoms with Crippen LogP contribution in [-0.4, -0.2) is 41.5 Å². The molecule has 6 nitrogen and oxygen atoms in total. The summed E-state index contributed by atoms with van der Waals surface area (Å²) in [5.41, 5.74) is 0. The van der Waals surface area contributed by atoms with E-state index in [2.05, 4.69) is 19.9 Å². The maximum atomic E-state index is 11.0. The predicted octanol–water partition coefficient (Wildman–Crippen LogP) is -0.392. The largest absolute Gasteiger partial charge is 0.457 e. The van der Waals surface area contributed by atoms with Crippen molar-refractivity contribution in [1.29, 1.82) is 0 Å². The Morgan fingerprint density at radius 2 is 2.50 bits per heavy atom. The molecule has 0 aliphatic rings. The lowest BCUT2D eigenvalue weighted by atomic mass is 10.6. The van der Waals surface area contributed by atoms with Crippen LogP contribution in [-0.2, 0) is 9.47 Å². The number of aromatic nitrogens is 3. The molecule has 0 unspecified atom stereocenters. The zero-order valence-electron chi connectivity index (χ0n) is 6.61. The van der Waals surface area contributed by atoms with Crippen molar-refractivity contribution in [2.24, 2.45) is 0 Å². The number of methoxy groups -OCH3 is 1. The summed E-state index contributed by atoms with van der Waals surface area (Å²) in [4.78, 5) is 14.6. The summed E-state index contributed by atoms with van der Waals surface area (Å²) in [6.07, 6.45) is 1.31. The normalized spacial score (nSPS) is 9.75. The van der Waals surface area contributed by atoms with Crippen LogP contribution in [0.3, 0.4) is 0 Å². The molecule has 0 aliphatic carbocycles. The molecule has 0 saturated carbocycles. The Morgan fingerprint density at radius 1 is 1.67 bits per heavy atom. The van der Waals surface area contributed by atoms with Gasteiger partial charge in [0.1, 0.15) is 12.9 Å². The lowest BCUT2D eigenvalue weighted by Gasteiger charge is -1.99. The SMILES string of the molecule is COCCOC(=O)c1nc[nH]n1. The van der Waals surface area contributed by atoms with Crippen molar-refractivity contribution in [2.45, 2.75) is 0 Å². The van der Waals surface area contributed by atoms with Crippen LogP contribution in [0.4, 0.5) is 0 Å². The summed E-state index contributed by atoms with van der Waals surface area (Å²) in [6.45, 7) is 0.583. The second-order valence-electron chi connectivity index (χ2n) is 1.95. The number of carbonyl (C=O) groups excluding carboxylic acids is 1. The Morgan fingerprint density at radius 3 is 3.08 bits per heavy atom. The van der Waals surface area contributed by atoms with E-state index in [1.54, 1.807) is 0 Å². The smallest absolute Gasteiger partial charge is 0.378 e. The summed E-state index contributed by atoms with van der Waals surface area (Å²) < 4.78 is 9.40. The minimum Gasteiger partial charge on any atom is -0.457 e. The first-order chi connectivity index (χ1) is 5.84. The van der Waals surface area contributed by atoms with Crippen LogP contribution < -0.4 is 0 Å². The fraction of sp³-hybridized carbons (Fsp3) is 0.500. The van der Waals surface area contributed by atoms with E-state index in [0.717, 1.165) is 0 Å². The molecule has 0 aliphatic heterocycles. The van der Waals surface area contributed by atoms with Gasteiger partial charge in [0.25, 0.3) is 5.82 Å².